The van der Waals surface area contributed by atoms with Crippen LogP contribution >= 0.6 is 24.2 Å². The summed E-state index contributed by atoms with van der Waals surface area (Å²) in [7, 11) is 0. The predicted molar refractivity (Wildman–Crippen MR) is 111 cm³/mol. The average molecular weight is 428 g/mol. The molecule has 0 saturated carbocycles. The van der Waals surface area contributed by atoms with Crippen LogP contribution in [0.25, 0.3) is 0 Å². The van der Waals surface area contributed by atoms with Gasteiger partial charge in [0.15, 0.2) is 5.82 Å². The maximum atomic E-state index is 14.4. The molecule has 4 rings (SSSR count). The lowest BCUT2D eigenvalue weighted by molar-refractivity contribution is 0.205. The maximum Gasteiger partial charge on any atom is 0.225 e. The first kappa shape index (κ1) is 21.2. The Bertz CT molecular complexity index is 835. The van der Waals surface area contributed by atoms with Gasteiger partial charge in [0.25, 0.3) is 0 Å². The Morgan fingerprint density at radius 1 is 1.32 bits per heavy atom. The van der Waals surface area contributed by atoms with Gasteiger partial charge >= 0.3 is 0 Å². The summed E-state index contributed by atoms with van der Waals surface area (Å²) in [6.45, 7) is 3.89. The van der Waals surface area contributed by atoms with Gasteiger partial charge in [-0.2, -0.15) is 0 Å². The number of hydrogen-bond acceptors (Lipinski definition) is 6. The summed E-state index contributed by atoms with van der Waals surface area (Å²) in [4.78, 5) is 10.4. The normalized spacial score (nSPS) is 27.2. The molecule has 9 heteroatoms. The first-order valence-electron chi connectivity index (χ1n) is 8.97. The van der Waals surface area contributed by atoms with Crippen LogP contribution in [0.5, 0.6) is 0 Å². The second-order valence-electron chi connectivity index (χ2n) is 7.65. The molecule has 3 heterocycles. The average Bonchev–Trinajstić information content (AvgIpc) is 3.02. The van der Waals surface area contributed by atoms with Crippen molar-refractivity contribution in [2.24, 2.45) is 11.7 Å². The summed E-state index contributed by atoms with van der Waals surface area (Å²) in [5, 5.41) is 3.56. The highest BCUT2D eigenvalue weighted by Gasteiger charge is 2.51. The SMILES string of the molecule is CC(C)(F)c1nc(N2C[C@H]3CSC(N)N[C@@]3(c3ccccc3)C2)ncc1F.Cl. The van der Waals surface area contributed by atoms with Crippen molar-refractivity contribution in [2.75, 3.05) is 23.7 Å². The Kier molecular flexibility index (Phi) is 5.87. The van der Waals surface area contributed by atoms with Crippen LogP contribution in [0.4, 0.5) is 14.7 Å². The lowest BCUT2D eigenvalue weighted by atomic mass is 9.81. The van der Waals surface area contributed by atoms with Gasteiger partial charge in [0, 0.05) is 24.8 Å². The lowest BCUT2D eigenvalue weighted by Crippen LogP contribution is -2.59. The number of rotatable bonds is 3. The lowest BCUT2D eigenvalue weighted by Gasteiger charge is -2.42. The molecule has 28 heavy (non-hydrogen) atoms. The summed E-state index contributed by atoms with van der Waals surface area (Å²) in [6, 6.07) is 10.2. The molecule has 1 aromatic carbocycles. The molecule has 0 aliphatic carbocycles. The Balaban J connectivity index is 0.00000225. The van der Waals surface area contributed by atoms with Crippen LogP contribution in [0.15, 0.2) is 36.5 Å². The fourth-order valence-corrected chi connectivity index (χ4v) is 5.14. The number of fused-ring (bicyclic) bond motifs is 1. The third-order valence-corrected chi connectivity index (χ3v) is 6.39. The van der Waals surface area contributed by atoms with Crippen molar-refractivity contribution >= 4 is 30.1 Å². The molecule has 152 valence electrons. The molecule has 1 unspecified atom stereocenters. The number of aromatic nitrogens is 2. The largest absolute Gasteiger partial charge is 0.338 e. The number of halogens is 3. The van der Waals surface area contributed by atoms with E-state index in [1.165, 1.54) is 13.8 Å². The minimum atomic E-state index is -1.87. The van der Waals surface area contributed by atoms with E-state index in [0.29, 0.717) is 19.0 Å². The molecule has 5 nitrogen and oxygen atoms in total. The molecular formula is C19H24ClF2N5S. The smallest absolute Gasteiger partial charge is 0.225 e. The Morgan fingerprint density at radius 3 is 2.71 bits per heavy atom. The fourth-order valence-electron chi connectivity index (χ4n) is 4.02. The van der Waals surface area contributed by atoms with Gasteiger partial charge < -0.3 is 10.6 Å². The van der Waals surface area contributed by atoms with Crippen molar-refractivity contribution in [1.82, 2.24) is 15.3 Å². The van der Waals surface area contributed by atoms with E-state index in [1.54, 1.807) is 11.8 Å². The zero-order chi connectivity index (χ0) is 19.2. The van der Waals surface area contributed by atoms with E-state index in [4.69, 9.17) is 5.73 Å². The number of thioether (sulfide) groups is 1. The first-order valence-corrected chi connectivity index (χ1v) is 10.0. The van der Waals surface area contributed by atoms with E-state index >= 15 is 0 Å². The van der Waals surface area contributed by atoms with Gasteiger partial charge in [0.1, 0.15) is 16.9 Å². The van der Waals surface area contributed by atoms with Crippen molar-refractivity contribution in [3.63, 3.8) is 0 Å². The molecule has 2 aliphatic rings. The number of benzene rings is 1. The molecular weight excluding hydrogens is 404 g/mol. The van der Waals surface area contributed by atoms with Crippen molar-refractivity contribution < 1.29 is 8.78 Å². The van der Waals surface area contributed by atoms with Crippen LogP contribution in [0.2, 0.25) is 0 Å². The quantitative estimate of drug-likeness (QED) is 0.784. The van der Waals surface area contributed by atoms with Crippen LogP contribution in [-0.4, -0.2) is 34.3 Å². The number of anilines is 1. The predicted octanol–water partition coefficient (Wildman–Crippen LogP) is 3.15. The molecule has 3 N–H and O–H groups in total. The molecule has 0 radical (unpaired) electrons. The summed E-state index contributed by atoms with van der Waals surface area (Å²) >= 11 is 1.67. The minimum Gasteiger partial charge on any atom is -0.338 e. The fraction of sp³-hybridized carbons (Fsp3) is 0.474. The summed E-state index contributed by atoms with van der Waals surface area (Å²) < 4.78 is 28.4. The van der Waals surface area contributed by atoms with E-state index in [1.807, 2.05) is 23.1 Å². The van der Waals surface area contributed by atoms with Crippen molar-refractivity contribution in [2.45, 2.75) is 30.6 Å². The number of hydrogen-bond donors (Lipinski definition) is 2. The van der Waals surface area contributed by atoms with E-state index in [-0.39, 0.29) is 35.1 Å². The van der Waals surface area contributed by atoms with Crippen LogP contribution in [0.3, 0.4) is 0 Å². The summed E-state index contributed by atoms with van der Waals surface area (Å²) in [5.74, 6) is 0.793. The molecule has 0 amide bonds. The second-order valence-corrected chi connectivity index (χ2v) is 8.83. The zero-order valence-corrected chi connectivity index (χ0v) is 17.4. The molecule has 1 aromatic heterocycles. The molecule has 3 atom stereocenters. The van der Waals surface area contributed by atoms with Crippen molar-refractivity contribution in [3.05, 3.63) is 53.6 Å². The van der Waals surface area contributed by atoms with Gasteiger partial charge in [-0.1, -0.05) is 30.3 Å². The van der Waals surface area contributed by atoms with Crippen LogP contribution in [0.1, 0.15) is 25.1 Å². The summed E-state index contributed by atoms with van der Waals surface area (Å²) in [5.41, 5.74) is 4.76. The second kappa shape index (κ2) is 7.74. The minimum absolute atomic E-state index is 0. The van der Waals surface area contributed by atoms with Gasteiger partial charge in [-0.15, -0.1) is 24.2 Å². The van der Waals surface area contributed by atoms with E-state index < -0.39 is 11.5 Å². The van der Waals surface area contributed by atoms with E-state index in [9.17, 15) is 8.78 Å². The first-order chi connectivity index (χ1) is 12.8. The topological polar surface area (TPSA) is 67.1 Å². The standard InChI is InChI=1S/C19H23F2N5S.ClH/c1-18(2,21)15-14(20)8-23-17(24-15)26-9-13-10-27-16(22)25-19(13,11-26)12-6-4-3-5-7-12;/h3-8,13,16,25H,9-11,22H2,1-2H3;1H/t13-,16?,19+;/m0./s1. The highest BCUT2D eigenvalue weighted by Crippen LogP contribution is 2.43. The van der Waals surface area contributed by atoms with Gasteiger partial charge in [-0.25, -0.2) is 18.7 Å². The Labute approximate surface area is 173 Å². The number of alkyl halides is 1. The molecule has 2 aliphatic heterocycles. The van der Waals surface area contributed by atoms with Crippen molar-refractivity contribution in [3.8, 4) is 0 Å². The molecule has 2 fully saturated rings. The number of nitrogens with one attached hydrogen (secondary N) is 1. The maximum absolute atomic E-state index is 14.4. The zero-order valence-electron chi connectivity index (χ0n) is 15.7. The molecule has 0 spiro atoms. The molecule has 0 bridgehead atoms. The van der Waals surface area contributed by atoms with E-state index in [2.05, 4.69) is 27.4 Å². The number of nitrogens with two attached hydrogens (primary N) is 1. The molecule has 2 aromatic rings. The van der Waals surface area contributed by atoms with Gasteiger partial charge in [0.2, 0.25) is 5.95 Å². The van der Waals surface area contributed by atoms with Gasteiger partial charge in [-0.3, -0.25) is 5.32 Å². The monoisotopic (exact) mass is 427 g/mol. The molecule has 2 saturated heterocycles. The van der Waals surface area contributed by atoms with E-state index in [0.717, 1.165) is 17.5 Å². The van der Waals surface area contributed by atoms with Crippen molar-refractivity contribution in [1.29, 1.82) is 0 Å². The van der Waals surface area contributed by atoms with Crippen LogP contribution < -0.4 is 16.0 Å². The third-order valence-electron chi connectivity index (χ3n) is 5.32. The highest BCUT2D eigenvalue weighted by atomic mass is 35.5. The highest BCUT2D eigenvalue weighted by molar-refractivity contribution is 7.99. The Morgan fingerprint density at radius 2 is 2.04 bits per heavy atom. The Hall–Kier alpha value is -1.48. The van der Waals surface area contributed by atoms with Crippen LogP contribution in [0, 0.1) is 11.7 Å². The number of nitrogens with zero attached hydrogens (tertiary/aromatic N) is 3. The van der Waals surface area contributed by atoms with Crippen LogP contribution in [-0.2, 0) is 11.2 Å². The van der Waals surface area contributed by atoms with Gasteiger partial charge in [-0.05, 0) is 19.4 Å². The third kappa shape index (κ3) is 3.70. The summed E-state index contributed by atoms with van der Waals surface area (Å²) in [6.07, 6.45) is 1.06. The van der Waals surface area contributed by atoms with Gasteiger partial charge in [0.05, 0.1) is 11.7 Å².